The third kappa shape index (κ3) is 4.14. The van der Waals surface area contributed by atoms with Crippen LogP contribution in [0.5, 0.6) is 11.5 Å². The van der Waals surface area contributed by atoms with E-state index in [0.29, 0.717) is 37.6 Å². The van der Waals surface area contributed by atoms with Crippen LogP contribution in [0.25, 0.3) is 0 Å². The number of halogens is 3. The van der Waals surface area contributed by atoms with Gasteiger partial charge in [-0.2, -0.15) is 13.2 Å². The summed E-state index contributed by atoms with van der Waals surface area (Å²) in [7, 11) is -5.47. The highest BCUT2D eigenvalue weighted by atomic mass is 32.2. The monoisotopic (exact) mass is 471 g/mol. The summed E-state index contributed by atoms with van der Waals surface area (Å²) in [4.78, 5) is 11.7. The molecule has 11 heteroatoms. The average Bonchev–Trinajstić information content (AvgIpc) is 3.25. The van der Waals surface area contributed by atoms with E-state index in [2.05, 4.69) is 5.32 Å². The summed E-state index contributed by atoms with van der Waals surface area (Å²) in [6, 6.07) is 9.30. The zero-order valence-corrected chi connectivity index (χ0v) is 17.6. The molecule has 172 valence electrons. The van der Waals surface area contributed by atoms with E-state index in [-0.39, 0.29) is 18.9 Å². The Kier molecular flexibility index (Phi) is 5.80. The minimum atomic E-state index is -5.47. The number of amides is 1. The van der Waals surface area contributed by atoms with Gasteiger partial charge in [-0.15, -0.1) is 0 Å². The van der Waals surface area contributed by atoms with Crippen LogP contribution in [0.3, 0.4) is 0 Å². The maximum Gasteiger partial charge on any atom is 0.501 e. The molecule has 1 amide bonds. The van der Waals surface area contributed by atoms with Gasteiger partial charge in [-0.3, -0.25) is 4.79 Å². The molecule has 0 unspecified atom stereocenters. The molecular weight excluding hydrogens is 451 g/mol. The van der Waals surface area contributed by atoms with Crippen LogP contribution in [0.15, 0.2) is 47.4 Å². The Morgan fingerprint density at radius 3 is 2.31 bits per heavy atom. The number of alkyl halides is 3. The van der Waals surface area contributed by atoms with Gasteiger partial charge >= 0.3 is 5.51 Å². The van der Waals surface area contributed by atoms with Gasteiger partial charge in [0.2, 0.25) is 6.79 Å². The Labute approximate surface area is 182 Å². The Bertz CT molecular complexity index is 1110. The number of sulfone groups is 1. The summed E-state index contributed by atoms with van der Waals surface area (Å²) in [5.74, 6) is 0.752. The number of carbonyl (C=O) groups is 1. The van der Waals surface area contributed by atoms with Crippen molar-refractivity contribution in [2.45, 2.75) is 28.7 Å². The van der Waals surface area contributed by atoms with Crippen molar-refractivity contribution in [3.8, 4) is 11.5 Å². The van der Waals surface area contributed by atoms with E-state index in [9.17, 15) is 26.4 Å². The molecule has 7 nitrogen and oxygen atoms in total. The zero-order valence-electron chi connectivity index (χ0n) is 16.8. The number of nitrogens with one attached hydrogen (secondary N) is 1. The number of hydrogen-bond donors (Lipinski definition) is 1. The fraction of sp³-hybridized carbons (Fsp3) is 0.381. The van der Waals surface area contributed by atoms with E-state index in [1.807, 2.05) is 18.2 Å². The molecule has 4 rings (SSSR count). The van der Waals surface area contributed by atoms with Crippen LogP contribution in [-0.2, 0) is 20.0 Å². The molecule has 2 aliphatic rings. The van der Waals surface area contributed by atoms with Crippen molar-refractivity contribution in [3.05, 3.63) is 53.6 Å². The number of ether oxygens (including phenoxy) is 3. The van der Waals surface area contributed by atoms with Crippen LogP contribution < -0.4 is 14.8 Å². The maximum atomic E-state index is 12.7. The maximum absolute atomic E-state index is 12.7. The normalized spacial score (nSPS) is 17.7. The third-order valence-electron chi connectivity index (χ3n) is 5.75. The van der Waals surface area contributed by atoms with Crippen molar-refractivity contribution in [3.63, 3.8) is 0 Å². The number of rotatable bonds is 5. The lowest BCUT2D eigenvalue weighted by molar-refractivity contribution is -0.0436. The van der Waals surface area contributed by atoms with Gasteiger partial charge in [0.25, 0.3) is 15.7 Å². The predicted molar refractivity (Wildman–Crippen MR) is 106 cm³/mol. The summed E-state index contributed by atoms with van der Waals surface area (Å²) >= 11 is 0. The fourth-order valence-electron chi connectivity index (χ4n) is 3.83. The van der Waals surface area contributed by atoms with Gasteiger partial charge in [0.15, 0.2) is 11.5 Å². The molecule has 2 aromatic rings. The van der Waals surface area contributed by atoms with Crippen molar-refractivity contribution in [1.82, 2.24) is 5.32 Å². The molecule has 2 aromatic carbocycles. The molecule has 0 aliphatic carbocycles. The zero-order chi connectivity index (χ0) is 23.0. The highest BCUT2D eigenvalue weighted by Crippen LogP contribution is 2.40. The Morgan fingerprint density at radius 2 is 1.66 bits per heavy atom. The number of carbonyl (C=O) groups excluding carboxylic acids is 1. The van der Waals surface area contributed by atoms with E-state index in [1.54, 1.807) is 0 Å². The van der Waals surface area contributed by atoms with Crippen LogP contribution in [0.1, 0.15) is 28.8 Å². The molecule has 32 heavy (non-hydrogen) atoms. The molecule has 2 heterocycles. The highest BCUT2D eigenvalue weighted by molar-refractivity contribution is 7.92. The molecule has 0 bridgehead atoms. The van der Waals surface area contributed by atoms with Crippen molar-refractivity contribution < 1.29 is 40.6 Å². The topological polar surface area (TPSA) is 90.9 Å². The van der Waals surface area contributed by atoms with Gasteiger partial charge in [0, 0.05) is 30.7 Å². The van der Waals surface area contributed by atoms with Crippen LogP contribution in [0.2, 0.25) is 0 Å². The first kappa shape index (κ1) is 22.4. The Hall–Kier alpha value is -2.79. The standard InChI is InChI=1S/C21H20F3NO6S/c22-21(23,24)32(27,28)16-4-1-14(2-5-16)19(26)25-12-20(7-9-29-10-8-20)15-3-6-17-18(11-15)31-13-30-17/h1-6,11H,7-10,12-13H2,(H,25,26). The average molecular weight is 471 g/mol. The second-order valence-corrected chi connectivity index (χ2v) is 9.56. The molecule has 0 saturated carbocycles. The number of hydrogen-bond acceptors (Lipinski definition) is 6. The molecule has 0 atom stereocenters. The van der Waals surface area contributed by atoms with Gasteiger partial charge in [-0.1, -0.05) is 6.07 Å². The minimum Gasteiger partial charge on any atom is -0.454 e. The largest absolute Gasteiger partial charge is 0.501 e. The first-order valence-electron chi connectivity index (χ1n) is 9.80. The lowest BCUT2D eigenvalue weighted by Crippen LogP contribution is -2.44. The van der Waals surface area contributed by atoms with Gasteiger partial charge in [-0.25, -0.2) is 8.42 Å². The lowest BCUT2D eigenvalue weighted by Gasteiger charge is -2.38. The summed E-state index contributed by atoms with van der Waals surface area (Å²) in [5.41, 5.74) is -4.82. The van der Waals surface area contributed by atoms with Crippen molar-refractivity contribution >= 4 is 15.7 Å². The van der Waals surface area contributed by atoms with Crippen LogP contribution >= 0.6 is 0 Å². The van der Waals surface area contributed by atoms with Gasteiger partial charge < -0.3 is 19.5 Å². The molecule has 1 fully saturated rings. The third-order valence-corrected chi connectivity index (χ3v) is 7.26. The SMILES string of the molecule is O=C(NCC1(c2ccc3c(c2)OCO3)CCOCC1)c1ccc(S(=O)(=O)C(F)(F)F)cc1. The van der Waals surface area contributed by atoms with Crippen LogP contribution in [0.4, 0.5) is 13.2 Å². The summed E-state index contributed by atoms with van der Waals surface area (Å²) in [6.45, 7) is 1.42. The minimum absolute atomic E-state index is 0.0546. The van der Waals surface area contributed by atoms with E-state index < -0.39 is 31.6 Å². The second-order valence-electron chi connectivity index (χ2n) is 7.62. The van der Waals surface area contributed by atoms with E-state index in [1.165, 1.54) is 0 Å². The van der Waals surface area contributed by atoms with Gasteiger partial charge in [0.1, 0.15) is 0 Å². The fourth-order valence-corrected chi connectivity index (χ4v) is 4.59. The first-order valence-corrected chi connectivity index (χ1v) is 11.3. The molecule has 0 radical (unpaired) electrons. The highest BCUT2D eigenvalue weighted by Gasteiger charge is 2.46. The van der Waals surface area contributed by atoms with Crippen molar-refractivity contribution in [2.75, 3.05) is 26.6 Å². The van der Waals surface area contributed by atoms with Crippen molar-refractivity contribution in [1.29, 1.82) is 0 Å². The Morgan fingerprint density at radius 1 is 1.00 bits per heavy atom. The second kappa shape index (κ2) is 8.28. The predicted octanol–water partition coefficient (Wildman–Crippen LogP) is 3.19. The van der Waals surface area contributed by atoms with Gasteiger partial charge in [-0.05, 0) is 54.8 Å². The molecule has 1 saturated heterocycles. The van der Waals surface area contributed by atoms with Crippen LogP contribution in [0, 0.1) is 0 Å². The lowest BCUT2D eigenvalue weighted by atomic mass is 9.74. The van der Waals surface area contributed by atoms with E-state index in [0.717, 1.165) is 29.8 Å². The van der Waals surface area contributed by atoms with E-state index >= 15 is 0 Å². The molecule has 2 aliphatic heterocycles. The first-order chi connectivity index (χ1) is 15.1. The molecule has 0 aromatic heterocycles. The number of benzene rings is 2. The smallest absolute Gasteiger partial charge is 0.454 e. The Balaban J connectivity index is 1.51. The van der Waals surface area contributed by atoms with Gasteiger partial charge in [0.05, 0.1) is 4.90 Å². The molecule has 1 N–H and O–H groups in total. The molecule has 0 spiro atoms. The summed E-state index contributed by atoms with van der Waals surface area (Å²) in [5, 5.41) is 2.83. The van der Waals surface area contributed by atoms with E-state index in [4.69, 9.17) is 14.2 Å². The van der Waals surface area contributed by atoms with Crippen LogP contribution in [-0.4, -0.2) is 46.4 Å². The summed E-state index contributed by atoms with van der Waals surface area (Å²) < 4.78 is 77.4. The quantitative estimate of drug-likeness (QED) is 0.721. The van der Waals surface area contributed by atoms with Crippen molar-refractivity contribution in [2.24, 2.45) is 0 Å². The number of fused-ring (bicyclic) bond motifs is 1. The summed E-state index contributed by atoms with van der Waals surface area (Å²) in [6.07, 6.45) is 1.30. The molecular formula is C21H20F3NO6S.